The van der Waals surface area contributed by atoms with Crippen LogP contribution in [0.3, 0.4) is 0 Å². The maximum absolute atomic E-state index is 12.2. The van der Waals surface area contributed by atoms with Crippen LogP contribution in [-0.4, -0.2) is 55.0 Å². The Morgan fingerprint density at radius 2 is 2.05 bits per heavy atom. The van der Waals surface area contributed by atoms with Crippen molar-refractivity contribution in [1.82, 2.24) is 10.1 Å². The van der Waals surface area contributed by atoms with Crippen LogP contribution in [-0.2, 0) is 14.4 Å². The summed E-state index contributed by atoms with van der Waals surface area (Å²) in [6.07, 6.45) is -0.174. The molecule has 1 saturated heterocycles. The molecule has 3 rings (SSSR count). The first-order valence-corrected chi connectivity index (χ1v) is 7.17. The first-order valence-electron chi connectivity index (χ1n) is 6.22. The number of hydrogen-bond donors (Lipinski definition) is 0. The molecule has 108 valence electrons. The molecular formula is C12H14N2O5S. The molecule has 1 unspecified atom stereocenters. The molecule has 2 aliphatic heterocycles. The highest BCUT2D eigenvalue weighted by Crippen LogP contribution is 2.30. The van der Waals surface area contributed by atoms with Gasteiger partial charge >= 0.3 is 0 Å². The summed E-state index contributed by atoms with van der Waals surface area (Å²) in [5.74, 6) is -0.602. The van der Waals surface area contributed by atoms with Crippen LogP contribution in [0.5, 0.6) is 0 Å². The van der Waals surface area contributed by atoms with E-state index < -0.39 is 6.23 Å². The molecule has 1 fully saturated rings. The molecule has 2 aliphatic rings. The number of hydrogen-bond acceptors (Lipinski definition) is 7. The van der Waals surface area contributed by atoms with Crippen LogP contribution in [0.2, 0.25) is 0 Å². The third kappa shape index (κ3) is 2.25. The van der Waals surface area contributed by atoms with Crippen molar-refractivity contribution in [3.63, 3.8) is 0 Å². The second-order valence-electron chi connectivity index (χ2n) is 4.41. The molecule has 0 aliphatic carbocycles. The van der Waals surface area contributed by atoms with Gasteiger partial charge in [-0.1, -0.05) is 5.23 Å². The Labute approximate surface area is 119 Å². The summed E-state index contributed by atoms with van der Waals surface area (Å²) in [5.41, 5.74) is 0.914. The lowest BCUT2D eigenvalue weighted by Crippen LogP contribution is -2.49. The van der Waals surface area contributed by atoms with Gasteiger partial charge in [0, 0.05) is 24.3 Å². The number of nitrogens with zero attached hydrogens (tertiary/aromatic N) is 2. The quantitative estimate of drug-likeness (QED) is 0.769. The molecule has 1 aromatic rings. The highest BCUT2D eigenvalue weighted by molar-refractivity contribution is 7.08. The number of rotatable bonds is 4. The third-order valence-electron chi connectivity index (χ3n) is 3.17. The van der Waals surface area contributed by atoms with Crippen LogP contribution in [0.15, 0.2) is 10.8 Å². The molecule has 0 spiro atoms. The Bertz CT molecular complexity index is 501. The maximum Gasteiger partial charge on any atom is 0.264 e. The Hall–Kier alpha value is -1.32. The van der Waals surface area contributed by atoms with Crippen molar-refractivity contribution < 1.29 is 24.0 Å². The first-order chi connectivity index (χ1) is 9.72. The minimum absolute atomic E-state index is 0.301. The van der Waals surface area contributed by atoms with Crippen LogP contribution in [0.1, 0.15) is 27.1 Å². The zero-order valence-corrected chi connectivity index (χ0v) is 11.7. The summed E-state index contributed by atoms with van der Waals surface area (Å²) >= 11 is 1.35. The summed E-state index contributed by atoms with van der Waals surface area (Å²) in [4.78, 5) is 36.5. The molecule has 3 heterocycles. The Morgan fingerprint density at radius 3 is 2.70 bits per heavy atom. The standard InChI is InChI=1S/C12H14N2O5S/c1-17-5-3-13-18-4-2-10(19-13)14-11(15)8-6-20-7-9(8)12(14)16/h6-7,10H,2-5H2,1H3. The minimum atomic E-state index is -0.627. The van der Waals surface area contributed by atoms with Crippen LogP contribution in [0, 0.1) is 0 Å². The molecule has 20 heavy (non-hydrogen) atoms. The summed E-state index contributed by atoms with van der Waals surface area (Å²) < 4.78 is 4.94. The van der Waals surface area contributed by atoms with Gasteiger partial charge in [0.25, 0.3) is 11.8 Å². The smallest absolute Gasteiger partial charge is 0.264 e. The van der Waals surface area contributed by atoms with E-state index in [9.17, 15) is 9.59 Å². The van der Waals surface area contributed by atoms with Crippen LogP contribution in [0.25, 0.3) is 0 Å². The highest BCUT2D eigenvalue weighted by Gasteiger charge is 2.43. The molecule has 0 aromatic carbocycles. The van der Waals surface area contributed by atoms with Crippen molar-refractivity contribution in [2.75, 3.05) is 26.9 Å². The van der Waals surface area contributed by atoms with E-state index in [-0.39, 0.29) is 11.8 Å². The zero-order chi connectivity index (χ0) is 14.1. The van der Waals surface area contributed by atoms with E-state index >= 15 is 0 Å². The highest BCUT2D eigenvalue weighted by atomic mass is 32.1. The van der Waals surface area contributed by atoms with E-state index in [2.05, 4.69) is 0 Å². The topological polar surface area (TPSA) is 68.3 Å². The van der Waals surface area contributed by atoms with Crippen LogP contribution < -0.4 is 0 Å². The lowest BCUT2D eigenvalue weighted by molar-refractivity contribution is -0.425. The van der Waals surface area contributed by atoms with E-state index in [4.69, 9.17) is 14.4 Å². The van der Waals surface area contributed by atoms with Crippen molar-refractivity contribution in [2.24, 2.45) is 0 Å². The average molecular weight is 298 g/mol. The molecule has 8 heteroatoms. The number of carbonyl (C=O) groups is 2. The van der Waals surface area contributed by atoms with Gasteiger partial charge < -0.3 is 4.74 Å². The van der Waals surface area contributed by atoms with E-state index in [1.807, 2.05) is 0 Å². The first kappa shape index (κ1) is 13.7. The predicted molar refractivity (Wildman–Crippen MR) is 68.8 cm³/mol. The number of amides is 2. The fourth-order valence-corrected chi connectivity index (χ4v) is 2.97. The molecule has 7 nitrogen and oxygen atoms in total. The Morgan fingerprint density at radius 1 is 1.35 bits per heavy atom. The predicted octanol–water partition coefficient (Wildman–Crippen LogP) is 0.886. The van der Waals surface area contributed by atoms with Crippen LogP contribution in [0.4, 0.5) is 0 Å². The van der Waals surface area contributed by atoms with Crippen molar-refractivity contribution >= 4 is 23.2 Å². The Balaban J connectivity index is 1.72. The number of ether oxygens (including phenoxy) is 1. The largest absolute Gasteiger partial charge is 0.383 e. The normalized spacial score (nSPS) is 23.4. The SMILES string of the molecule is COCCN1OCCC(N2C(=O)c3cscc3C2=O)O1. The van der Waals surface area contributed by atoms with E-state index in [1.54, 1.807) is 17.9 Å². The van der Waals surface area contributed by atoms with Gasteiger partial charge in [0.1, 0.15) is 0 Å². The maximum atomic E-state index is 12.2. The molecular weight excluding hydrogens is 284 g/mol. The number of methoxy groups -OCH3 is 1. The summed E-state index contributed by atoms with van der Waals surface area (Å²) in [6.45, 7) is 1.23. The van der Waals surface area contributed by atoms with Crippen molar-refractivity contribution in [2.45, 2.75) is 12.6 Å². The van der Waals surface area contributed by atoms with Crippen molar-refractivity contribution in [3.05, 3.63) is 21.9 Å². The van der Waals surface area contributed by atoms with Gasteiger partial charge in [0.15, 0.2) is 6.23 Å². The molecule has 1 aromatic heterocycles. The van der Waals surface area contributed by atoms with Gasteiger partial charge in [-0.2, -0.15) is 11.3 Å². The summed E-state index contributed by atoms with van der Waals surface area (Å²) in [7, 11) is 1.58. The van der Waals surface area contributed by atoms with Gasteiger partial charge in [0.05, 0.1) is 30.9 Å². The van der Waals surface area contributed by atoms with Gasteiger partial charge in [-0.05, 0) is 0 Å². The Kier molecular flexibility index (Phi) is 3.81. The van der Waals surface area contributed by atoms with E-state index in [1.165, 1.54) is 21.5 Å². The molecule has 0 N–H and O–H groups in total. The number of hydroxylamine groups is 2. The van der Waals surface area contributed by atoms with Crippen molar-refractivity contribution in [1.29, 1.82) is 0 Å². The average Bonchev–Trinajstić information content (AvgIpc) is 3.02. The van der Waals surface area contributed by atoms with Gasteiger partial charge in [-0.25, -0.2) is 9.74 Å². The molecule has 0 radical (unpaired) electrons. The fourth-order valence-electron chi connectivity index (χ4n) is 2.18. The van der Waals surface area contributed by atoms with E-state index in [0.717, 1.165) is 0 Å². The van der Waals surface area contributed by atoms with E-state index in [0.29, 0.717) is 37.3 Å². The second-order valence-corrected chi connectivity index (χ2v) is 5.15. The van der Waals surface area contributed by atoms with Crippen LogP contribution >= 0.6 is 11.3 Å². The summed E-state index contributed by atoms with van der Waals surface area (Å²) in [5, 5.41) is 4.65. The lowest BCUT2D eigenvalue weighted by atomic mass is 10.2. The number of carbonyl (C=O) groups excluding carboxylic acids is 2. The third-order valence-corrected chi connectivity index (χ3v) is 3.91. The lowest BCUT2D eigenvalue weighted by Gasteiger charge is -2.34. The number of fused-ring (bicyclic) bond motifs is 1. The molecule has 2 amide bonds. The van der Waals surface area contributed by atoms with Gasteiger partial charge in [-0.15, -0.1) is 0 Å². The monoisotopic (exact) mass is 298 g/mol. The second kappa shape index (κ2) is 5.58. The summed E-state index contributed by atoms with van der Waals surface area (Å²) in [6, 6.07) is 0. The van der Waals surface area contributed by atoms with Crippen molar-refractivity contribution in [3.8, 4) is 0 Å². The zero-order valence-electron chi connectivity index (χ0n) is 10.9. The number of imide groups is 1. The molecule has 0 saturated carbocycles. The minimum Gasteiger partial charge on any atom is -0.383 e. The fraction of sp³-hybridized carbons (Fsp3) is 0.500. The molecule has 1 atom stereocenters. The van der Waals surface area contributed by atoms with Gasteiger partial charge in [0.2, 0.25) is 0 Å². The van der Waals surface area contributed by atoms with Gasteiger partial charge in [-0.3, -0.25) is 14.4 Å². The molecule has 0 bridgehead atoms. The number of thiophene rings is 1.